The molecule has 0 fully saturated rings. The van der Waals surface area contributed by atoms with E-state index >= 15 is 0 Å². The smallest absolute Gasteiger partial charge is 0.0941 e. The van der Waals surface area contributed by atoms with Crippen LogP contribution in [0.4, 0.5) is 0 Å². The lowest BCUT2D eigenvalue weighted by atomic mass is 10.2. The summed E-state index contributed by atoms with van der Waals surface area (Å²) in [5.41, 5.74) is 3.18. The molecule has 78 valence electrons. The average Bonchev–Trinajstić information content (AvgIpc) is 2.63. The van der Waals surface area contributed by atoms with E-state index in [4.69, 9.17) is 0 Å². The minimum absolute atomic E-state index is 0.823. The molecule has 15 heavy (non-hydrogen) atoms. The number of pyridine rings is 1. The SMILES string of the molecule is CNCc1cc(-c2cccnc2)nn1C. The molecule has 0 aromatic carbocycles. The summed E-state index contributed by atoms with van der Waals surface area (Å²) in [4.78, 5) is 4.08. The monoisotopic (exact) mass is 202 g/mol. The van der Waals surface area contributed by atoms with E-state index in [2.05, 4.69) is 21.5 Å². The first-order valence-electron chi connectivity index (χ1n) is 4.89. The first kappa shape index (κ1) is 9.86. The van der Waals surface area contributed by atoms with Gasteiger partial charge in [0.25, 0.3) is 0 Å². The number of hydrogen-bond acceptors (Lipinski definition) is 3. The number of rotatable bonds is 3. The third-order valence-corrected chi connectivity index (χ3v) is 2.29. The maximum Gasteiger partial charge on any atom is 0.0941 e. The summed E-state index contributed by atoms with van der Waals surface area (Å²) >= 11 is 0. The summed E-state index contributed by atoms with van der Waals surface area (Å²) in [6.45, 7) is 0.823. The number of hydrogen-bond donors (Lipinski definition) is 1. The summed E-state index contributed by atoms with van der Waals surface area (Å²) in [6.07, 6.45) is 3.59. The lowest BCUT2D eigenvalue weighted by Crippen LogP contribution is -2.09. The molecule has 0 amide bonds. The van der Waals surface area contributed by atoms with Gasteiger partial charge in [-0.3, -0.25) is 9.67 Å². The molecule has 2 aromatic heterocycles. The molecule has 0 aliphatic rings. The molecule has 0 unspecified atom stereocenters. The molecule has 0 saturated carbocycles. The Morgan fingerprint density at radius 3 is 3.00 bits per heavy atom. The van der Waals surface area contributed by atoms with Crippen molar-refractivity contribution in [2.45, 2.75) is 6.54 Å². The molecular weight excluding hydrogens is 188 g/mol. The van der Waals surface area contributed by atoms with E-state index in [1.54, 1.807) is 6.20 Å². The van der Waals surface area contributed by atoms with Crippen LogP contribution in [-0.4, -0.2) is 21.8 Å². The molecule has 2 aromatic rings. The maximum absolute atomic E-state index is 4.44. The quantitative estimate of drug-likeness (QED) is 0.813. The summed E-state index contributed by atoms with van der Waals surface area (Å²) < 4.78 is 1.89. The Labute approximate surface area is 89.0 Å². The van der Waals surface area contributed by atoms with Crippen molar-refractivity contribution in [2.24, 2.45) is 7.05 Å². The molecule has 4 heteroatoms. The van der Waals surface area contributed by atoms with Gasteiger partial charge in [0.05, 0.1) is 11.4 Å². The van der Waals surface area contributed by atoms with Crippen LogP contribution >= 0.6 is 0 Å². The second kappa shape index (κ2) is 4.23. The highest BCUT2D eigenvalue weighted by atomic mass is 15.3. The highest BCUT2D eigenvalue weighted by Gasteiger charge is 2.05. The Bertz CT molecular complexity index is 433. The molecule has 0 spiro atoms. The maximum atomic E-state index is 4.44. The second-order valence-electron chi connectivity index (χ2n) is 3.42. The first-order valence-corrected chi connectivity index (χ1v) is 4.89. The lowest BCUT2D eigenvalue weighted by Gasteiger charge is -1.97. The van der Waals surface area contributed by atoms with Gasteiger partial charge in [-0.25, -0.2) is 0 Å². The van der Waals surface area contributed by atoms with E-state index in [1.807, 2.05) is 37.1 Å². The van der Waals surface area contributed by atoms with E-state index in [0.717, 1.165) is 23.5 Å². The van der Waals surface area contributed by atoms with Crippen LogP contribution in [-0.2, 0) is 13.6 Å². The van der Waals surface area contributed by atoms with Crippen molar-refractivity contribution in [2.75, 3.05) is 7.05 Å². The molecule has 0 radical (unpaired) electrons. The van der Waals surface area contributed by atoms with Gasteiger partial charge in [0, 0.05) is 31.5 Å². The fourth-order valence-electron chi connectivity index (χ4n) is 1.51. The molecule has 0 atom stereocenters. The van der Waals surface area contributed by atoms with Gasteiger partial charge in [-0.2, -0.15) is 5.10 Å². The molecule has 2 heterocycles. The number of nitrogens with one attached hydrogen (secondary N) is 1. The van der Waals surface area contributed by atoms with Crippen LogP contribution in [0.15, 0.2) is 30.6 Å². The van der Waals surface area contributed by atoms with Crippen molar-refractivity contribution in [1.82, 2.24) is 20.1 Å². The van der Waals surface area contributed by atoms with E-state index in [0.29, 0.717) is 0 Å². The molecular formula is C11H14N4. The van der Waals surface area contributed by atoms with Crippen molar-refractivity contribution in [1.29, 1.82) is 0 Å². The van der Waals surface area contributed by atoms with Crippen molar-refractivity contribution in [3.05, 3.63) is 36.3 Å². The molecule has 0 aliphatic heterocycles. The van der Waals surface area contributed by atoms with Gasteiger partial charge < -0.3 is 5.32 Å². The molecule has 2 rings (SSSR count). The third-order valence-electron chi connectivity index (χ3n) is 2.29. The van der Waals surface area contributed by atoms with E-state index in [9.17, 15) is 0 Å². The van der Waals surface area contributed by atoms with Crippen molar-refractivity contribution in [3.8, 4) is 11.3 Å². The Balaban J connectivity index is 2.34. The van der Waals surface area contributed by atoms with Gasteiger partial charge in [0.1, 0.15) is 0 Å². The van der Waals surface area contributed by atoms with Crippen molar-refractivity contribution in [3.63, 3.8) is 0 Å². The van der Waals surface area contributed by atoms with Crippen LogP contribution < -0.4 is 5.32 Å². The normalized spacial score (nSPS) is 10.5. The molecule has 0 bridgehead atoms. The highest BCUT2D eigenvalue weighted by Crippen LogP contribution is 2.16. The van der Waals surface area contributed by atoms with Gasteiger partial charge in [0.2, 0.25) is 0 Å². The zero-order chi connectivity index (χ0) is 10.7. The molecule has 0 aliphatic carbocycles. The molecule has 1 N–H and O–H groups in total. The summed E-state index contributed by atoms with van der Waals surface area (Å²) in [5.74, 6) is 0. The average molecular weight is 202 g/mol. The van der Waals surface area contributed by atoms with Gasteiger partial charge in [0.15, 0.2) is 0 Å². The van der Waals surface area contributed by atoms with Crippen molar-refractivity contribution < 1.29 is 0 Å². The van der Waals surface area contributed by atoms with Crippen LogP contribution in [0.3, 0.4) is 0 Å². The summed E-state index contributed by atoms with van der Waals surface area (Å²) in [7, 11) is 3.88. The van der Waals surface area contributed by atoms with Gasteiger partial charge >= 0.3 is 0 Å². The van der Waals surface area contributed by atoms with Crippen LogP contribution in [0.1, 0.15) is 5.69 Å². The minimum Gasteiger partial charge on any atom is -0.314 e. The van der Waals surface area contributed by atoms with Crippen LogP contribution in [0.2, 0.25) is 0 Å². The van der Waals surface area contributed by atoms with E-state index < -0.39 is 0 Å². The predicted octanol–water partition coefficient (Wildman–Crippen LogP) is 1.20. The Morgan fingerprint density at radius 2 is 2.33 bits per heavy atom. The van der Waals surface area contributed by atoms with Crippen LogP contribution in [0.25, 0.3) is 11.3 Å². The lowest BCUT2D eigenvalue weighted by molar-refractivity contribution is 0.673. The topological polar surface area (TPSA) is 42.7 Å². The van der Waals surface area contributed by atoms with Gasteiger partial charge in [-0.15, -0.1) is 0 Å². The number of nitrogens with zero attached hydrogens (tertiary/aromatic N) is 3. The van der Waals surface area contributed by atoms with Gasteiger partial charge in [-0.05, 0) is 25.2 Å². The largest absolute Gasteiger partial charge is 0.314 e. The summed E-state index contributed by atoms with van der Waals surface area (Å²) in [6, 6.07) is 6.01. The standard InChI is InChI=1S/C11H14N4/c1-12-8-10-6-11(14-15(10)2)9-4-3-5-13-7-9/h3-7,12H,8H2,1-2H3. The number of aromatic nitrogens is 3. The van der Waals surface area contributed by atoms with Crippen molar-refractivity contribution >= 4 is 0 Å². The minimum atomic E-state index is 0.823. The Kier molecular flexibility index (Phi) is 2.78. The highest BCUT2D eigenvalue weighted by molar-refractivity contribution is 5.57. The Hall–Kier alpha value is -1.68. The molecule has 4 nitrogen and oxygen atoms in total. The number of aryl methyl sites for hydroxylation is 1. The van der Waals surface area contributed by atoms with Gasteiger partial charge in [-0.1, -0.05) is 0 Å². The zero-order valence-corrected chi connectivity index (χ0v) is 8.94. The molecule has 0 saturated heterocycles. The van der Waals surface area contributed by atoms with E-state index in [1.165, 1.54) is 0 Å². The predicted molar refractivity (Wildman–Crippen MR) is 59.2 cm³/mol. The van der Waals surface area contributed by atoms with Crippen LogP contribution in [0.5, 0.6) is 0 Å². The fourth-order valence-corrected chi connectivity index (χ4v) is 1.51. The summed E-state index contributed by atoms with van der Waals surface area (Å²) in [5, 5.41) is 7.55. The second-order valence-corrected chi connectivity index (χ2v) is 3.42. The zero-order valence-electron chi connectivity index (χ0n) is 8.94. The fraction of sp³-hybridized carbons (Fsp3) is 0.273. The van der Waals surface area contributed by atoms with Crippen LogP contribution in [0, 0.1) is 0 Å². The first-order chi connectivity index (χ1) is 7.31. The van der Waals surface area contributed by atoms with E-state index in [-0.39, 0.29) is 0 Å². The third kappa shape index (κ3) is 2.05. The Morgan fingerprint density at radius 1 is 1.47 bits per heavy atom.